The fourth-order valence-electron chi connectivity index (χ4n) is 7.47. The predicted molar refractivity (Wildman–Crippen MR) is 82.2 cm³/mol. The molecule has 5 aliphatic rings. The van der Waals surface area contributed by atoms with Gasteiger partial charge in [-0.05, 0) is 68.1 Å². The summed E-state index contributed by atoms with van der Waals surface area (Å²) < 4.78 is 6.09. The van der Waals surface area contributed by atoms with Gasteiger partial charge in [-0.15, -0.1) is 0 Å². The molecule has 1 spiro atoms. The van der Waals surface area contributed by atoms with Gasteiger partial charge in [0.25, 0.3) is 0 Å². The minimum absolute atomic E-state index is 0.0744. The molecule has 122 valence electrons. The van der Waals surface area contributed by atoms with Crippen molar-refractivity contribution in [3.63, 3.8) is 0 Å². The van der Waals surface area contributed by atoms with Crippen molar-refractivity contribution in [2.24, 2.45) is 28.6 Å². The van der Waals surface area contributed by atoms with E-state index >= 15 is 0 Å². The van der Waals surface area contributed by atoms with Gasteiger partial charge < -0.3 is 9.84 Å². The molecule has 22 heavy (non-hydrogen) atoms. The van der Waals surface area contributed by atoms with Crippen molar-refractivity contribution >= 4 is 5.78 Å². The Morgan fingerprint density at radius 3 is 2.68 bits per heavy atom. The van der Waals surface area contributed by atoms with E-state index in [0.717, 1.165) is 38.0 Å². The number of hydrogen-bond donors (Lipinski definition) is 1. The Labute approximate surface area is 132 Å². The summed E-state index contributed by atoms with van der Waals surface area (Å²) in [5.41, 5.74) is 0.244. The molecule has 1 N–H and O–H groups in total. The van der Waals surface area contributed by atoms with Crippen LogP contribution in [-0.4, -0.2) is 28.7 Å². The molecule has 0 amide bonds. The number of epoxide rings is 1. The van der Waals surface area contributed by atoms with E-state index in [9.17, 15) is 9.90 Å². The van der Waals surface area contributed by atoms with Crippen molar-refractivity contribution in [3.05, 3.63) is 0 Å². The summed E-state index contributed by atoms with van der Waals surface area (Å²) in [7, 11) is 0. The molecule has 5 fully saturated rings. The molecule has 0 aromatic heterocycles. The lowest BCUT2D eigenvalue weighted by Crippen LogP contribution is -2.58. The number of rotatable bonds is 0. The first-order chi connectivity index (χ1) is 10.4. The Bertz CT molecular complexity index is 545. The highest BCUT2D eigenvalue weighted by molar-refractivity contribution is 5.88. The maximum atomic E-state index is 12.1. The highest BCUT2D eigenvalue weighted by Gasteiger charge is 2.76. The number of hydrogen-bond acceptors (Lipinski definition) is 3. The molecule has 8 atom stereocenters. The molecule has 1 aliphatic heterocycles. The number of fused-ring (bicyclic) bond motifs is 4. The van der Waals surface area contributed by atoms with Crippen LogP contribution in [0.15, 0.2) is 0 Å². The van der Waals surface area contributed by atoms with E-state index in [-0.39, 0.29) is 28.6 Å². The molecule has 3 nitrogen and oxygen atoms in total. The molecule has 4 aliphatic carbocycles. The average Bonchev–Trinajstić information content (AvgIpc) is 3.17. The van der Waals surface area contributed by atoms with E-state index in [0.29, 0.717) is 17.6 Å². The van der Waals surface area contributed by atoms with E-state index in [1.807, 2.05) is 0 Å². The minimum Gasteiger partial charge on any atom is -0.393 e. The molecule has 0 radical (unpaired) electrons. The maximum Gasteiger partial charge on any atom is 0.164 e. The smallest absolute Gasteiger partial charge is 0.164 e. The summed E-state index contributed by atoms with van der Waals surface area (Å²) in [6.07, 6.45) is 8.42. The summed E-state index contributed by atoms with van der Waals surface area (Å²) in [6.45, 7) is 4.75. The van der Waals surface area contributed by atoms with E-state index in [1.54, 1.807) is 0 Å². The predicted octanol–water partition coefficient (Wildman–Crippen LogP) is 3.09. The van der Waals surface area contributed by atoms with Crippen LogP contribution in [0, 0.1) is 28.6 Å². The molecule has 5 rings (SSSR count). The van der Waals surface area contributed by atoms with Crippen LogP contribution in [0.4, 0.5) is 0 Å². The molecule has 1 saturated heterocycles. The monoisotopic (exact) mass is 304 g/mol. The highest BCUT2D eigenvalue weighted by Crippen LogP contribution is 2.72. The number of carbonyl (C=O) groups is 1. The topological polar surface area (TPSA) is 49.8 Å². The summed E-state index contributed by atoms with van der Waals surface area (Å²) in [4.78, 5) is 12.1. The van der Waals surface area contributed by atoms with Crippen LogP contribution in [0.3, 0.4) is 0 Å². The van der Waals surface area contributed by atoms with Crippen molar-refractivity contribution < 1.29 is 14.6 Å². The van der Waals surface area contributed by atoms with Gasteiger partial charge in [-0.1, -0.05) is 13.8 Å². The Morgan fingerprint density at radius 2 is 1.86 bits per heavy atom. The van der Waals surface area contributed by atoms with E-state index in [1.165, 1.54) is 19.3 Å². The molecule has 0 aromatic rings. The third-order valence-electron chi connectivity index (χ3n) is 8.90. The van der Waals surface area contributed by atoms with Gasteiger partial charge in [-0.3, -0.25) is 4.79 Å². The molecule has 4 saturated carbocycles. The first-order valence-electron chi connectivity index (χ1n) is 9.31. The summed E-state index contributed by atoms with van der Waals surface area (Å²) >= 11 is 0. The van der Waals surface area contributed by atoms with Crippen LogP contribution in [0.1, 0.15) is 65.2 Å². The quantitative estimate of drug-likeness (QED) is 0.700. The Hall–Kier alpha value is -0.410. The van der Waals surface area contributed by atoms with Gasteiger partial charge in [0.2, 0.25) is 0 Å². The lowest BCUT2D eigenvalue weighted by Gasteiger charge is -2.59. The van der Waals surface area contributed by atoms with Gasteiger partial charge >= 0.3 is 0 Å². The first kappa shape index (κ1) is 14.0. The minimum atomic E-state index is -0.103. The van der Waals surface area contributed by atoms with Gasteiger partial charge in [0.15, 0.2) is 5.78 Å². The van der Waals surface area contributed by atoms with Crippen LogP contribution in [-0.2, 0) is 9.53 Å². The number of carbonyl (C=O) groups excluding carboxylic acids is 1. The second-order valence-electron chi connectivity index (χ2n) is 9.32. The van der Waals surface area contributed by atoms with E-state index < -0.39 is 0 Å². The number of ketones is 1. The first-order valence-corrected chi connectivity index (χ1v) is 9.31. The normalized spacial score (nSPS) is 62.7. The number of Topliss-reactive ketones (excluding diaryl/α,β-unsaturated/α-hetero) is 1. The van der Waals surface area contributed by atoms with Crippen molar-refractivity contribution in [2.75, 3.05) is 0 Å². The molecule has 1 heterocycles. The van der Waals surface area contributed by atoms with Crippen molar-refractivity contribution in [2.45, 2.75) is 83.0 Å². The zero-order chi connectivity index (χ0) is 15.3. The third kappa shape index (κ3) is 1.36. The number of aliphatic hydroxyl groups excluding tert-OH is 1. The zero-order valence-electron chi connectivity index (χ0n) is 13.8. The van der Waals surface area contributed by atoms with Crippen LogP contribution in [0.25, 0.3) is 0 Å². The lowest BCUT2D eigenvalue weighted by molar-refractivity contribution is -0.133. The standard InChI is InChI=1S/C19H28O3/c1-17-8-6-13-11(12(17)3-4-15(17)21)5-10-19-16(22-19)14(20)7-9-18(13,19)2/h11-13,15-16,21H,3-10H2,1-2H3/t11-,12-,13-,15-,16-,17-,18+,19+/m0/s1. The molecular weight excluding hydrogens is 276 g/mol. The van der Waals surface area contributed by atoms with Gasteiger partial charge in [0.1, 0.15) is 11.7 Å². The summed E-state index contributed by atoms with van der Waals surface area (Å²) in [5, 5.41) is 10.5. The number of aliphatic hydroxyl groups is 1. The maximum absolute atomic E-state index is 12.1. The van der Waals surface area contributed by atoms with Crippen LogP contribution >= 0.6 is 0 Å². The van der Waals surface area contributed by atoms with Crippen LogP contribution in [0.5, 0.6) is 0 Å². The Balaban J connectivity index is 1.51. The van der Waals surface area contributed by atoms with Gasteiger partial charge in [-0.25, -0.2) is 0 Å². The fourth-order valence-corrected chi connectivity index (χ4v) is 7.47. The molecule has 3 heteroatoms. The van der Waals surface area contributed by atoms with Crippen molar-refractivity contribution in [3.8, 4) is 0 Å². The van der Waals surface area contributed by atoms with Crippen molar-refractivity contribution in [1.29, 1.82) is 0 Å². The second kappa shape index (κ2) is 3.97. The highest BCUT2D eigenvalue weighted by atomic mass is 16.6. The van der Waals surface area contributed by atoms with Gasteiger partial charge in [0, 0.05) is 11.8 Å². The van der Waals surface area contributed by atoms with E-state index in [2.05, 4.69) is 13.8 Å². The zero-order valence-corrected chi connectivity index (χ0v) is 13.8. The Kier molecular flexibility index (Phi) is 2.52. The second-order valence-corrected chi connectivity index (χ2v) is 9.32. The molecule has 0 unspecified atom stereocenters. The summed E-state index contributed by atoms with van der Waals surface area (Å²) in [6, 6.07) is 0. The van der Waals surface area contributed by atoms with Gasteiger partial charge in [0.05, 0.1) is 6.10 Å². The molecule has 0 bridgehead atoms. The SMILES string of the molecule is C[C@]12CC[C@H]3[C@@H](CC[C@@]45O[C@H]4C(=O)CC[C@]35C)[C@@H]1CC[C@@H]2O. The van der Waals surface area contributed by atoms with Crippen molar-refractivity contribution in [1.82, 2.24) is 0 Å². The van der Waals surface area contributed by atoms with E-state index in [4.69, 9.17) is 4.74 Å². The number of ether oxygens (including phenoxy) is 1. The molecular formula is C19H28O3. The fraction of sp³-hybridized carbons (Fsp3) is 0.947. The average molecular weight is 304 g/mol. The summed E-state index contributed by atoms with van der Waals surface area (Å²) in [5.74, 6) is 2.48. The molecule has 0 aromatic carbocycles. The van der Waals surface area contributed by atoms with Gasteiger partial charge in [-0.2, -0.15) is 0 Å². The Morgan fingerprint density at radius 1 is 1.05 bits per heavy atom. The lowest BCUT2D eigenvalue weighted by atomic mass is 9.45. The third-order valence-corrected chi connectivity index (χ3v) is 8.90. The van der Waals surface area contributed by atoms with Crippen LogP contribution < -0.4 is 0 Å². The largest absolute Gasteiger partial charge is 0.393 e. The van der Waals surface area contributed by atoms with Crippen LogP contribution in [0.2, 0.25) is 0 Å².